The van der Waals surface area contributed by atoms with Gasteiger partial charge in [0.25, 0.3) is 0 Å². The minimum atomic E-state index is 0.448. The van der Waals surface area contributed by atoms with Gasteiger partial charge in [-0.05, 0) is 48.5 Å². The lowest BCUT2D eigenvalue weighted by Crippen LogP contribution is -2.01. The van der Waals surface area contributed by atoms with Crippen molar-refractivity contribution in [2.24, 2.45) is 15.3 Å². The predicted octanol–water partition coefficient (Wildman–Crippen LogP) is 5.26. The first-order chi connectivity index (χ1) is 13.3. The van der Waals surface area contributed by atoms with Crippen molar-refractivity contribution >= 4 is 17.2 Å². The molecule has 0 amide bonds. The fourth-order valence-corrected chi connectivity index (χ4v) is 2.29. The Labute approximate surface area is 158 Å². The lowest BCUT2D eigenvalue weighted by molar-refractivity contribution is 0.414. The summed E-state index contributed by atoms with van der Waals surface area (Å²) in [5.74, 6) is 1.95. The Morgan fingerprint density at radius 2 is 1.52 bits per heavy atom. The van der Waals surface area contributed by atoms with Crippen LogP contribution in [0.5, 0.6) is 11.5 Å². The van der Waals surface area contributed by atoms with Gasteiger partial charge in [-0.3, -0.25) is 5.43 Å². The third-order valence-corrected chi connectivity index (χ3v) is 3.73. The average Bonchev–Trinajstić information content (AvgIpc) is 2.75. The van der Waals surface area contributed by atoms with Crippen molar-refractivity contribution in [3.05, 3.63) is 84.4 Å². The van der Waals surface area contributed by atoms with E-state index in [1.807, 2.05) is 78.9 Å². The maximum absolute atomic E-state index is 5.23. The number of hydrogen-bond donors (Lipinski definition) is 1. The second-order valence-electron chi connectivity index (χ2n) is 5.54. The van der Waals surface area contributed by atoms with Crippen LogP contribution in [0.1, 0.15) is 5.56 Å². The van der Waals surface area contributed by atoms with E-state index in [9.17, 15) is 0 Å². The summed E-state index contributed by atoms with van der Waals surface area (Å²) in [6, 6.07) is 24.5. The molecule has 6 heteroatoms. The summed E-state index contributed by atoms with van der Waals surface area (Å²) in [6.07, 6.45) is 0. The van der Waals surface area contributed by atoms with Crippen LogP contribution >= 0.6 is 0 Å². The van der Waals surface area contributed by atoms with E-state index in [-0.39, 0.29) is 0 Å². The molecule has 0 unspecified atom stereocenters. The molecule has 0 saturated heterocycles. The lowest BCUT2D eigenvalue weighted by atomic mass is 10.2. The minimum Gasteiger partial charge on any atom is -0.497 e. The van der Waals surface area contributed by atoms with Gasteiger partial charge >= 0.3 is 0 Å². The Bertz CT molecular complexity index is 922. The van der Waals surface area contributed by atoms with Gasteiger partial charge in [-0.1, -0.05) is 24.3 Å². The van der Waals surface area contributed by atoms with Gasteiger partial charge in [0.15, 0.2) is 0 Å². The fraction of sp³-hybridized carbons (Fsp3) is 0.0952. The number of methoxy groups -OCH3 is 2. The van der Waals surface area contributed by atoms with E-state index in [0.717, 1.165) is 28.4 Å². The number of benzene rings is 3. The molecule has 6 nitrogen and oxygen atoms in total. The summed E-state index contributed by atoms with van der Waals surface area (Å²) in [5, 5.41) is 13.0. The predicted molar refractivity (Wildman–Crippen MR) is 107 cm³/mol. The van der Waals surface area contributed by atoms with Gasteiger partial charge < -0.3 is 9.47 Å². The van der Waals surface area contributed by atoms with E-state index in [2.05, 4.69) is 20.8 Å². The van der Waals surface area contributed by atoms with Gasteiger partial charge in [0.1, 0.15) is 11.5 Å². The molecule has 0 aliphatic heterocycles. The monoisotopic (exact) mass is 360 g/mol. The molecule has 3 aromatic rings. The second kappa shape index (κ2) is 9.15. The van der Waals surface area contributed by atoms with Crippen molar-refractivity contribution in [3.63, 3.8) is 0 Å². The van der Waals surface area contributed by atoms with Crippen LogP contribution in [0.25, 0.3) is 0 Å². The van der Waals surface area contributed by atoms with Crippen LogP contribution in [-0.2, 0) is 0 Å². The van der Waals surface area contributed by atoms with Crippen LogP contribution < -0.4 is 14.9 Å². The highest BCUT2D eigenvalue weighted by atomic mass is 16.5. The molecular weight excluding hydrogens is 340 g/mol. The van der Waals surface area contributed by atoms with Gasteiger partial charge in [-0.25, -0.2) is 0 Å². The van der Waals surface area contributed by atoms with Gasteiger partial charge in [0.05, 0.1) is 25.6 Å². The SMILES string of the molecule is COc1ccc(/C(N=Nc2ccccc2)=N\Nc2cccc(OC)c2)cc1. The zero-order chi connectivity index (χ0) is 18.9. The van der Waals surface area contributed by atoms with E-state index < -0.39 is 0 Å². The topological polar surface area (TPSA) is 67.6 Å². The van der Waals surface area contributed by atoms with E-state index in [1.54, 1.807) is 14.2 Å². The van der Waals surface area contributed by atoms with E-state index in [1.165, 1.54) is 0 Å². The molecule has 0 spiro atoms. The number of ether oxygens (including phenoxy) is 2. The normalized spacial score (nSPS) is 11.4. The first-order valence-electron chi connectivity index (χ1n) is 8.37. The molecular formula is C21H20N4O2. The Hall–Kier alpha value is -3.67. The quantitative estimate of drug-likeness (QED) is 0.282. The van der Waals surface area contributed by atoms with Crippen molar-refractivity contribution < 1.29 is 9.47 Å². The molecule has 136 valence electrons. The van der Waals surface area contributed by atoms with Crippen molar-refractivity contribution in [1.29, 1.82) is 0 Å². The summed E-state index contributed by atoms with van der Waals surface area (Å²) in [5.41, 5.74) is 5.35. The van der Waals surface area contributed by atoms with E-state index in [4.69, 9.17) is 9.47 Å². The number of hydrazone groups is 1. The van der Waals surface area contributed by atoms with Crippen molar-refractivity contribution in [2.45, 2.75) is 0 Å². The average molecular weight is 360 g/mol. The highest BCUT2D eigenvalue weighted by molar-refractivity contribution is 5.99. The molecule has 0 bridgehead atoms. The van der Waals surface area contributed by atoms with Crippen LogP contribution in [-0.4, -0.2) is 20.1 Å². The van der Waals surface area contributed by atoms with Crippen LogP contribution in [0, 0.1) is 0 Å². The Balaban J connectivity index is 1.88. The van der Waals surface area contributed by atoms with Gasteiger partial charge in [0.2, 0.25) is 5.84 Å². The molecule has 0 fully saturated rings. The highest BCUT2D eigenvalue weighted by Gasteiger charge is 2.04. The second-order valence-corrected chi connectivity index (χ2v) is 5.54. The molecule has 1 N–H and O–H groups in total. The van der Waals surface area contributed by atoms with Crippen LogP contribution in [0.2, 0.25) is 0 Å². The first kappa shape index (κ1) is 18.1. The molecule has 0 atom stereocenters. The number of hydrogen-bond acceptors (Lipinski definition) is 5. The number of rotatable bonds is 6. The first-order valence-corrected chi connectivity index (χ1v) is 8.37. The van der Waals surface area contributed by atoms with Crippen molar-refractivity contribution in [2.75, 3.05) is 19.6 Å². The minimum absolute atomic E-state index is 0.448. The summed E-state index contributed by atoms with van der Waals surface area (Å²) >= 11 is 0. The van der Waals surface area contributed by atoms with Gasteiger partial charge in [-0.15, -0.1) is 10.2 Å². The number of azo groups is 1. The molecule has 0 aliphatic carbocycles. The molecule has 0 aliphatic rings. The van der Waals surface area contributed by atoms with Crippen LogP contribution in [0.4, 0.5) is 11.4 Å². The largest absolute Gasteiger partial charge is 0.497 e. The zero-order valence-corrected chi connectivity index (χ0v) is 15.2. The summed E-state index contributed by atoms with van der Waals surface area (Å²) in [4.78, 5) is 0. The number of anilines is 1. The van der Waals surface area contributed by atoms with Crippen LogP contribution in [0.3, 0.4) is 0 Å². The molecule has 27 heavy (non-hydrogen) atoms. The maximum atomic E-state index is 5.23. The summed E-state index contributed by atoms with van der Waals surface area (Å²) < 4.78 is 10.4. The zero-order valence-electron chi connectivity index (χ0n) is 15.2. The van der Waals surface area contributed by atoms with Crippen LogP contribution in [0.15, 0.2) is 94.2 Å². The molecule has 0 radical (unpaired) electrons. The molecule has 0 aromatic heterocycles. The smallest absolute Gasteiger partial charge is 0.201 e. The number of amidine groups is 1. The third-order valence-electron chi connectivity index (χ3n) is 3.73. The Morgan fingerprint density at radius 3 is 2.22 bits per heavy atom. The standard InChI is InChI=1S/C21H20N4O2/c1-26-19-13-11-16(12-14-19)21(24-22-17-7-4-3-5-8-17)25-23-18-9-6-10-20(15-18)27-2/h3-15,23H,1-2H3/b24-22?,25-21+. The Morgan fingerprint density at radius 1 is 0.778 bits per heavy atom. The van der Waals surface area contributed by atoms with E-state index in [0.29, 0.717) is 5.84 Å². The molecule has 0 saturated carbocycles. The third kappa shape index (κ3) is 5.15. The summed E-state index contributed by atoms with van der Waals surface area (Å²) in [7, 11) is 3.25. The van der Waals surface area contributed by atoms with E-state index >= 15 is 0 Å². The molecule has 3 rings (SSSR count). The highest BCUT2D eigenvalue weighted by Crippen LogP contribution is 2.18. The Kier molecular flexibility index (Phi) is 6.14. The van der Waals surface area contributed by atoms with Crippen molar-refractivity contribution in [3.8, 4) is 11.5 Å². The van der Waals surface area contributed by atoms with Gasteiger partial charge in [0, 0.05) is 11.6 Å². The number of nitrogens with one attached hydrogen (secondary N) is 1. The van der Waals surface area contributed by atoms with Crippen molar-refractivity contribution in [1.82, 2.24) is 0 Å². The fourth-order valence-electron chi connectivity index (χ4n) is 2.29. The lowest BCUT2D eigenvalue weighted by Gasteiger charge is -2.06. The molecule has 3 aromatic carbocycles. The molecule has 0 heterocycles. The number of nitrogens with zero attached hydrogens (tertiary/aromatic N) is 3. The maximum Gasteiger partial charge on any atom is 0.201 e. The van der Waals surface area contributed by atoms with Gasteiger partial charge in [-0.2, -0.15) is 5.10 Å². The summed E-state index contributed by atoms with van der Waals surface area (Å²) in [6.45, 7) is 0.